The number of aromatic nitrogens is 1. The molecular weight excluding hydrogens is 436 g/mol. The van der Waals surface area contributed by atoms with E-state index < -0.39 is 11.0 Å². The lowest BCUT2D eigenvalue weighted by Crippen LogP contribution is -2.41. The summed E-state index contributed by atoms with van der Waals surface area (Å²) in [5, 5.41) is 18.1. The smallest absolute Gasteiger partial charge is 0.407 e. The van der Waals surface area contributed by atoms with Crippen LogP contribution in [0.25, 0.3) is 10.9 Å². The molecule has 0 aliphatic heterocycles. The number of nitro groups is 1. The van der Waals surface area contributed by atoms with Crippen molar-refractivity contribution in [2.24, 2.45) is 0 Å². The van der Waals surface area contributed by atoms with Crippen LogP contribution in [0.1, 0.15) is 39.2 Å². The number of hydrogen-bond donors (Lipinski definition) is 2. The zero-order valence-electron chi connectivity index (χ0n) is 19.7. The minimum atomic E-state index is -0.459. The molecule has 0 spiro atoms. The summed E-state index contributed by atoms with van der Waals surface area (Å²) in [5.41, 5.74) is 1.59. The molecule has 0 aliphatic rings. The number of hydrogen-bond acceptors (Lipinski definition) is 7. The molecule has 2 N–H and O–H groups in total. The molecule has 180 valence electrons. The number of alkyl carbamates (subject to hydrolysis) is 1. The van der Waals surface area contributed by atoms with E-state index >= 15 is 0 Å². The third kappa shape index (κ3) is 7.33. The maximum atomic E-state index is 11.7. The predicted molar refractivity (Wildman–Crippen MR) is 131 cm³/mol. The van der Waals surface area contributed by atoms with Crippen molar-refractivity contribution in [1.82, 2.24) is 10.3 Å². The first-order valence-electron chi connectivity index (χ1n) is 11.2. The van der Waals surface area contributed by atoms with Gasteiger partial charge in [-0.05, 0) is 57.4 Å². The molecular formula is C25H30N4O5. The third-order valence-corrected chi connectivity index (χ3v) is 4.85. The Morgan fingerprint density at radius 2 is 1.88 bits per heavy atom. The Morgan fingerprint density at radius 1 is 1.12 bits per heavy atom. The molecule has 0 atom stereocenters. The van der Waals surface area contributed by atoms with Crippen molar-refractivity contribution in [2.75, 3.05) is 18.5 Å². The number of rotatable bonds is 10. The van der Waals surface area contributed by atoms with Gasteiger partial charge in [0, 0.05) is 17.5 Å². The van der Waals surface area contributed by atoms with Crippen molar-refractivity contribution in [3.05, 3.63) is 70.4 Å². The molecule has 0 bridgehead atoms. The quantitative estimate of drug-likeness (QED) is 0.232. The molecule has 3 aromatic rings. The number of benzene rings is 2. The van der Waals surface area contributed by atoms with E-state index in [-0.39, 0.29) is 17.8 Å². The molecule has 2 aromatic carbocycles. The van der Waals surface area contributed by atoms with Crippen molar-refractivity contribution in [2.45, 2.75) is 45.8 Å². The molecule has 0 fully saturated rings. The fourth-order valence-electron chi connectivity index (χ4n) is 3.26. The number of fused-ring (bicyclic) bond motifs is 1. The van der Waals surface area contributed by atoms with E-state index in [1.807, 2.05) is 51.1 Å². The van der Waals surface area contributed by atoms with Crippen LogP contribution in [-0.2, 0) is 11.3 Å². The second-order valence-electron chi connectivity index (χ2n) is 8.87. The maximum Gasteiger partial charge on any atom is 0.407 e. The van der Waals surface area contributed by atoms with E-state index in [9.17, 15) is 14.9 Å². The van der Waals surface area contributed by atoms with Crippen molar-refractivity contribution < 1.29 is 19.2 Å². The lowest BCUT2D eigenvalue weighted by molar-refractivity contribution is -0.384. The van der Waals surface area contributed by atoms with Gasteiger partial charge in [-0.1, -0.05) is 30.3 Å². The highest BCUT2D eigenvalue weighted by Crippen LogP contribution is 2.34. The van der Waals surface area contributed by atoms with Gasteiger partial charge in [0.25, 0.3) is 0 Å². The average Bonchev–Trinajstić information content (AvgIpc) is 2.79. The summed E-state index contributed by atoms with van der Waals surface area (Å²) in [6, 6.07) is 15.1. The Bertz CT molecular complexity index is 1130. The van der Waals surface area contributed by atoms with E-state index in [1.54, 1.807) is 18.2 Å². The van der Waals surface area contributed by atoms with Gasteiger partial charge < -0.3 is 20.1 Å². The minimum Gasteiger partial charge on any atom is -0.489 e. The van der Waals surface area contributed by atoms with Crippen molar-refractivity contribution in [3.63, 3.8) is 0 Å². The number of nitrogens with one attached hydrogen (secondary N) is 2. The number of unbranched alkanes of at least 4 members (excludes halogenated alkanes) is 1. The average molecular weight is 467 g/mol. The first kappa shape index (κ1) is 24.8. The van der Waals surface area contributed by atoms with Crippen LogP contribution in [0.15, 0.2) is 54.7 Å². The van der Waals surface area contributed by atoms with E-state index in [4.69, 9.17) is 9.47 Å². The molecule has 1 amide bonds. The van der Waals surface area contributed by atoms with E-state index in [1.165, 1.54) is 6.20 Å². The van der Waals surface area contributed by atoms with Crippen LogP contribution in [0.4, 0.5) is 16.2 Å². The number of nitrogens with zero attached hydrogens (tertiary/aromatic N) is 2. The molecule has 0 radical (unpaired) electrons. The summed E-state index contributed by atoms with van der Waals surface area (Å²) in [6.45, 7) is 6.76. The number of carbonyl (C=O) groups is 1. The van der Waals surface area contributed by atoms with Gasteiger partial charge in [-0.15, -0.1) is 0 Å². The minimum absolute atomic E-state index is 0.103. The van der Waals surface area contributed by atoms with Crippen LogP contribution >= 0.6 is 0 Å². The van der Waals surface area contributed by atoms with Crippen LogP contribution in [-0.4, -0.2) is 34.7 Å². The Kier molecular flexibility index (Phi) is 8.24. The lowest BCUT2D eigenvalue weighted by atomic mass is 10.1. The molecule has 0 saturated carbocycles. The second kappa shape index (κ2) is 11.3. The second-order valence-corrected chi connectivity index (χ2v) is 8.87. The Balaban J connectivity index is 1.64. The zero-order valence-corrected chi connectivity index (χ0v) is 19.7. The van der Waals surface area contributed by atoms with Gasteiger partial charge in [-0.3, -0.25) is 10.1 Å². The summed E-state index contributed by atoms with van der Waals surface area (Å²) in [6.07, 6.45) is 2.08. The first-order chi connectivity index (χ1) is 16.2. The van der Waals surface area contributed by atoms with Crippen molar-refractivity contribution in [3.8, 4) is 5.75 Å². The molecule has 34 heavy (non-hydrogen) atoms. The number of amides is 1. The fraction of sp³-hybridized carbons (Fsp3) is 0.360. The summed E-state index contributed by atoms with van der Waals surface area (Å²) < 4.78 is 11.1. The Hall–Kier alpha value is -3.88. The zero-order chi connectivity index (χ0) is 24.6. The van der Waals surface area contributed by atoms with Crippen LogP contribution in [0.5, 0.6) is 5.75 Å². The van der Waals surface area contributed by atoms with Crippen molar-refractivity contribution in [1.29, 1.82) is 0 Å². The highest BCUT2D eigenvalue weighted by Gasteiger charge is 2.19. The van der Waals surface area contributed by atoms with E-state index in [0.717, 1.165) is 5.56 Å². The van der Waals surface area contributed by atoms with Gasteiger partial charge >= 0.3 is 11.8 Å². The van der Waals surface area contributed by atoms with Gasteiger partial charge in [0.1, 0.15) is 24.2 Å². The SMILES string of the molecule is CC(C)(C)NC(=O)OCCCCNc1c([N+](=O)[O-])cnc2ccc(OCc3ccccc3)cc12. The maximum absolute atomic E-state index is 11.7. The van der Waals surface area contributed by atoms with E-state index in [2.05, 4.69) is 15.6 Å². The molecule has 0 saturated heterocycles. The first-order valence-corrected chi connectivity index (χ1v) is 11.2. The topological polar surface area (TPSA) is 116 Å². The highest BCUT2D eigenvalue weighted by atomic mass is 16.6. The summed E-state index contributed by atoms with van der Waals surface area (Å²) in [4.78, 5) is 27.1. The highest BCUT2D eigenvalue weighted by molar-refractivity contribution is 5.96. The number of carbonyl (C=O) groups excluding carboxylic acids is 1. The number of anilines is 1. The van der Waals surface area contributed by atoms with Gasteiger partial charge in [0.2, 0.25) is 0 Å². The Labute approximate surface area is 198 Å². The number of ether oxygens (including phenoxy) is 2. The molecule has 1 aromatic heterocycles. The predicted octanol–water partition coefficient (Wildman–Crippen LogP) is 5.44. The van der Waals surface area contributed by atoms with Gasteiger partial charge in [-0.25, -0.2) is 9.78 Å². The van der Waals surface area contributed by atoms with E-state index in [0.29, 0.717) is 48.3 Å². The summed E-state index contributed by atoms with van der Waals surface area (Å²) >= 11 is 0. The van der Waals surface area contributed by atoms with Crippen LogP contribution in [0, 0.1) is 10.1 Å². The lowest BCUT2D eigenvalue weighted by Gasteiger charge is -2.19. The standard InChI is InChI=1S/C25H30N4O5/c1-25(2,3)28-24(30)33-14-8-7-13-26-23-20-15-19(34-17-18-9-5-4-6-10-18)11-12-21(20)27-16-22(23)29(31)32/h4-6,9-12,15-16H,7-8,13-14,17H2,1-3H3,(H,26,27)(H,28,30). The molecule has 0 aliphatic carbocycles. The molecule has 3 rings (SSSR count). The third-order valence-electron chi connectivity index (χ3n) is 4.85. The van der Waals surface area contributed by atoms with Gasteiger partial charge in [-0.2, -0.15) is 0 Å². The molecule has 9 nitrogen and oxygen atoms in total. The normalized spacial score (nSPS) is 11.1. The monoisotopic (exact) mass is 466 g/mol. The molecule has 9 heteroatoms. The van der Waals surface area contributed by atoms with Crippen LogP contribution < -0.4 is 15.4 Å². The van der Waals surface area contributed by atoms with Crippen LogP contribution in [0.3, 0.4) is 0 Å². The molecule has 1 heterocycles. The van der Waals surface area contributed by atoms with Gasteiger partial charge in [0.15, 0.2) is 0 Å². The molecule has 0 unspecified atom stereocenters. The van der Waals surface area contributed by atoms with Crippen molar-refractivity contribution >= 4 is 28.4 Å². The summed E-state index contributed by atoms with van der Waals surface area (Å²) in [5.74, 6) is 0.597. The van der Waals surface area contributed by atoms with Gasteiger partial charge in [0.05, 0.1) is 17.0 Å². The fourth-order valence-corrected chi connectivity index (χ4v) is 3.26. The van der Waals surface area contributed by atoms with Crippen LogP contribution in [0.2, 0.25) is 0 Å². The summed E-state index contributed by atoms with van der Waals surface area (Å²) in [7, 11) is 0. The largest absolute Gasteiger partial charge is 0.489 e. The Morgan fingerprint density at radius 3 is 2.59 bits per heavy atom. The number of pyridine rings is 1.